The van der Waals surface area contributed by atoms with E-state index < -0.39 is 12.1 Å². The standard InChI is InChI=1S/C21H17ClF2N5O5S.C7H8/c1-30-14-7-11(8-15(31-2)17(14)32-3)28-26-20(10-4-5-12-13(6-10)34-9-33-12)27-29(28)21-25-16(19(23)24)18(22)35-21;1-7-5-3-2-4-6-7/h4-8,19H,9H2,1-3H3;2-6H,1H3/q+1;. The smallest absolute Gasteiger partial charge is 0.366 e. The van der Waals surface area contributed by atoms with Crippen LogP contribution in [0.1, 0.15) is 17.7 Å². The SMILES string of the molecule is COc1cc(-n2nc(-c3ccc4c(c3)OCO4)n[n+]2-c2nc(C(F)F)c(Cl)s2)cc(OC)c1OC.Cc1ccccc1. The highest BCUT2D eigenvalue weighted by Crippen LogP contribution is 2.40. The Kier molecular flexibility index (Phi) is 8.69. The molecule has 0 bridgehead atoms. The van der Waals surface area contributed by atoms with Crippen LogP contribution in [0.3, 0.4) is 0 Å². The van der Waals surface area contributed by atoms with Gasteiger partial charge in [0.2, 0.25) is 18.2 Å². The Morgan fingerprint density at radius 1 is 0.952 bits per heavy atom. The van der Waals surface area contributed by atoms with Crippen molar-refractivity contribution in [2.24, 2.45) is 0 Å². The lowest BCUT2D eigenvalue weighted by molar-refractivity contribution is -0.734. The summed E-state index contributed by atoms with van der Waals surface area (Å²) in [6, 6.07) is 18.8. The number of hydrogen-bond donors (Lipinski definition) is 0. The fourth-order valence-corrected chi connectivity index (χ4v) is 5.04. The van der Waals surface area contributed by atoms with Crippen molar-refractivity contribution in [3.8, 4) is 51.0 Å². The Labute approximate surface area is 248 Å². The maximum atomic E-state index is 13.4. The Morgan fingerprint density at radius 3 is 2.21 bits per heavy atom. The number of aryl methyl sites for hydroxylation is 1. The fourth-order valence-electron chi connectivity index (χ4n) is 3.97. The van der Waals surface area contributed by atoms with Gasteiger partial charge in [-0.15, -0.1) is 0 Å². The zero-order valence-electron chi connectivity index (χ0n) is 22.9. The first-order valence-corrected chi connectivity index (χ1v) is 13.6. The van der Waals surface area contributed by atoms with Gasteiger partial charge in [0.15, 0.2) is 23.0 Å². The van der Waals surface area contributed by atoms with E-state index in [9.17, 15) is 8.78 Å². The summed E-state index contributed by atoms with van der Waals surface area (Å²) < 4.78 is 53.7. The molecule has 3 heterocycles. The number of benzene rings is 3. The second-order valence-corrected chi connectivity index (χ2v) is 10.2. The lowest BCUT2D eigenvalue weighted by Crippen LogP contribution is -2.43. The molecule has 0 fully saturated rings. The van der Waals surface area contributed by atoms with Gasteiger partial charge >= 0.3 is 5.13 Å². The molecule has 1 aliphatic heterocycles. The summed E-state index contributed by atoms with van der Waals surface area (Å²) >= 11 is 6.87. The van der Waals surface area contributed by atoms with Crippen molar-refractivity contribution in [3.63, 3.8) is 0 Å². The lowest BCUT2D eigenvalue weighted by atomic mass is 10.2. The number of rotatable bonds is 7. The van der Waals surface area contributed by atoms with E-state index in [4.69, 9.17) is 35.3 Å². The molecule has 0 saturated carbocycles. The van der Waals surface area contributed by atoms with Gasteiger partial charge in [-0.25, -0.2) is 8.78 Å². The number of nitrogens with zero attached hydrogens (tertiary/aromatic N) is 5. The molecule has 0 spiro atoms. The number of aromatic nitrogens is 5. The van der Waals surface area contributed by atoms with Gasteiger partial charge in [-0.1, -0.05) is 52.5 Å². The Morgan fingerprint density at radius 2 is 1.64 bits per heavy atom. The Balaban J connectivity index is 0.000000442. The molecule has 0 N–H and O–H groups in total. The van der Waals surface area contributed by atoms with Crippen LogP contribution in [0.15, 0.2) is 60.7 Å². The van der Waals surface area contributed by atoms with Gasteiger partial charge in [0.25, 0.3) is 12.2 Å². The minimum atomic E-state index is -2.85. The highest BCUT2D eigenvalue weighted by atomic mass is 35.5. The quantitative estimate of drug-likeness (QED) is 0.205. The Bertz CT molecular complexity index is 1670. The van der Waals surface area contributed by atoms with E-state index in [0.717, 1.165) is 11.3 Å². The van der Waals surface area contributed by atoms with Crippen LogP contribution in [0.25, 0.3) is 22.2 Å². The first kappa shape index (κ1) is 29.0. The first-order valence-electron chi connectivity index (χ1n) is 12.4. The summed E-state index contributed by atoms with van der Waals surface area (Å²) in [5.74, 6) is 2.49. The third kappa shape index (κ3) is 5.92. The van der Waals surface area contributed by atoms with E-state index in [2.05, 4.69) is 34.2 Å². The minimum absolute atomic E-state index is 0.0820. The van der Waals surface area contributed by atoms with Crippen molar-refractivity contribution in [1.29, 1.82) is 0 Å². The van der Waals surface area contributed by atoms with Crippen molar-refractivity contribution in [2.45, 2.75) is 13.3 Å². The van der Waals surface area contributed by atoms with E-state index in [0.29, 0.717) is 40.0 Å². The van der Waals surface area contributed by atoms with Crippen LogP contribution >= 0.6 is 22.9 Å². The largest absolute Gasteiger partial charge is 0.493 e. The van der Waals surface area contributed by atoms with Gasteiger partial charge in [-0.3, -0.25) is 0 Å². The molecule has 1 aliphatic rings. The number of thiazole rings is 1. The molecule has 10 nitrogen and oxygen atoms in total. The summed E-state index contributed by atoms with van der Waals surface area (Å²) in [6.07, 6.45) is -2.85. The third-order valence-corrected chi connectivity index (χ3v) is 7.24. The molecular weight excluding hydrogens is 592 g/mol. The highest BCUT2D eigenvalue weighted by molar-refractivity contribution is 7.17. The van der Waals surface area contributed by atoms with Gasteiger partial charge < -0.3 is 23.7 Å². The van der Waals surface area contributed by atoms with E-state index in [1.54, 1.807) is 30.3 Å². The van der Waals surface area contributed by atoms with Gasteiger partial charge in [0, 0.05) is 22.8 Å². The van der Waals surface area contributed by atoms with Gasteiger partial charge in [0.1, 0.15) is 10.0 Å². The summed E-state index contributed by atoms with van der Waals surface area (Å²) in [7, 11) is 4.44. The Hall–Kier alpha value is -4.49. The average molecular weight is 617 g/mol. The maximum Gasteiger partial charge on any atom is 0.366 e. The second kappa shape index (κ2) is 12.6. The number of methoxy groups -OCH3 is 3. The zero-order valence-corrected chi connectivity index (χ0v) is 24.4. The molecule has 5 aromatic rings. The molecule has 0 saturated heterocycles. The van der Waals surface area contributed by atoms with Crippen molar-refractivity contribution in [1.82, 2.24) is 20.0 Å². The van der Waals surface area contributed by atoms with Crippen LogP contribution in [-0.4, -0.2) is 48.1 Å². The molecule has 218 valence electrons. The van der Waals surface area contributed by atoms with Crippen LogP contribution in [0, 0.1) is 6.92 Å². The highest BCUT2D eigenvalue weighted by Gasteiger charge is 2.31. The van der Waals surface area contributed by atoms with Gasteiger partial charge in [-0.05, 0) is 51.2 Å². The molecule has 6 rings (SSSR count). The third-order valence-electron chi connectivity index (χ3n) is 5.99. The van der Waals surface area contributed by atoms with Crippen molar-refractivity contribution in [2.75, 3.05) is 28.1 Å². The van der Waals surface area contributed by atoms with E-state index in [-0.39, 0.29) is 22.1 Å². The molecule has 2 aromatic heterocycles. The summed E-state index contributed by atoms with van der Waals surface area (Å²) in [5, 5.41) is 9.20. The fraction of sp³-hybridized carbons (Fsp3) is 0.214. The number of hydrogen-bond acceptors (Lipinski definition) is 9. The summed E-state index contributed by atoms with van der Waals surface area (Å²) in [6.45, 7) is 2.19. The maximum absolute atomic E-state index is 13.4. The lowest BCUT2D eigenvalue weighted by Gasteiger charge is -2.13. The first-order chi connectivity index (χ1) is 20.3. The summed E-state index contributed by atoms with van der Waals surface area (Å²) in [5.41, 5.74) is 1.82. The van der Waals surface area contributed by atoms with Crippen LogP contribution < -0.4 is 28.5 Å². The second-order valence-electron chi connectivity index (χ2n) is 8.66. The molecule has 0 radical (unpaired) electrons. The molecule has 14 heteroatoms. The monoisotopic (exact) mass is 616 g/mol. The molecule has 0 unspecified atom stereocenters. The normalized spacial score (nSPS) is 11.7. The van der Waals surface area contributed by atoms with Crippen molar-refractivity contribution < 1.29 is 37.3 Å². The van der Waals surface area contributed by atoms with Gasteiger partial charge in [0.05, 0.1) is 21.3 Å². The molecule has 0 atom stereocenters. The zero-order chi connectivity index (χ0) is 29.8. The number of halogens is 3. The predicted octanol–water partition coefficient (Wildman–Crippen LogP) is 6.01. The van der Waals surface area contributed by atoms with E-state index in [1.165, 1.54) is 36.5 Å². The number of ether oxygens (including phenoxy) is 5. The minimum Gasteiger partial charge on any atom is -0.493 e. The number of tetrazole rings is 1. The van der Waals surface area contributed by atoms with Crippen LogP contribution in [0.5, 0.6) is 28.7 Å². The summed E-state index contributed by atoms with van der Waals surface area (Å²) in [4.78, 5) is 6.63. The topological polar surface area (TPSA) is 93.6 Å². The number of alkyl halides is 2. The molecule has 3 aromatic carbocycles. The molecule has 0 aliphatic carbocycles. The number of fused-ring (bicyclic) bond motifs is 1. The van der Waals surface area contributed by atoms with Crippen LogP contribution in [-0.2, 0) is 0 Å². The van der Waals surface area contributed by atoms with E-state index >= 15 is 0 Å². The van der Waals surface area contributed by atoms with Crippen molar-refractivity contribution >= 4 is 22.9 Å². The van der Waals surface area contributed by atoms with E-state index in [1.807, 2.05) is 18.2 Å². The molecular formula is C28H25ClF2N5O5S+. The van der Waals surface area contributed by atoms with Crippen molar-refractivity contribution in [3.05, 3.63) is 76.3 Å². The molecule has 42 heavy (non-hydrogen) atoms. The average Bonchev–Trinajstić information content (AvgIpc) is 3.74. The van der Waals surface area contributed by atoms with Crippen LogP contribution in [0.4, 0.5) is 8.78 Å². The molecule has 0 amide bonds. The predicted molar refractivity (Wildman–Crippen MR) is 151 cm³/mol. The van der Waals surface area contributed by atoms with Gasteiger partial charge in [-0.2, -0.15) is 0 Å². The van der Waals surface area contributed by atoms with Crippen LogP contribution in [0.2, 0.25) is 4.34 Å².